The molecule has 0 atom stereocenters. The molecule has 0 bridgehead atoms. The van der Waals surface area contributed by atoms with Crippen molar-refractivity contribution in [2.75, 3.05) is 20.8 Å². The minimum absolute atomic E-state index is 0.0787. The Kier molecular flexibility index (Phi) is 6.56. The van der Waals surface area contributed by atoms with Gasteiger partial charge in [0.05, 0.1) is 31.0 Å². The van der Waals surface area contributed by atoms with Gasteiger partial charge in [0, 0.05) is 5.02 Å². The third-order valence-electron chi connectivity index (χ3n) is 4.08. The molecule has 0 saturated carbocycles. The second kappa shape index (κ2) is 9.11. The van der Waals surface area contributed by atoms with E-state index in [4.69, 9.17) is 25.8 Å². The number of aromatic nitrogens is 1. The second-order valence-corrected chi connectivity index (χ2v) is 7.29. The molecule has 9 heteroatoms. The fraction of sp³-hybridized carbons (Fsp3) is 0.250. The Bertz CT molecular complexity index is 1110. The van der Waals surface area contributed by atoms with E-state index in [1.165, 1.54) is 25.6 Å². The molecule has 152 valence electrons. The zero-order valence-corrected chi connectivity index (χ0v) is 17.7. The molecule has 29 heavy (non-hydrogen) atoms. The first-order chi connectivity index (χ1) is 14.0. The Balaban J connectivity index is 2.17. The lowest BCUT2D eigenvalue weighted by Crippen LogP contribution is -2.23. The van der Waals surface area contributed by atoms with Gasteiger partial charge in [-0.1, -0.05) is 29.0 Å². The van der Waals surface area contributed by atoms with Crippen molar-refractivity contribution >= 4 is 45.0 Å². The topological polar surface area (TPSA) is 79.1 Å². The van der Waals surface area contributed by atoms with Gasteiger partial charge in [0.1, 0.15) is 23.6 Å². The largest absolute Gasteiger partial charge is 0.496 e. The smallest absolute Gasteiger partial charge is 0.326 e. The number of halogens is 1. The van der Waals surface area contributed by atoms with E-state index < -0.39 is 11.9 Å². The van der Waals surface area contributed by atoms with Gasteiger partial charge < -0.3 is 18.8 Å². The molecule has 1 aromatic heterocycles. The van der Waals surface area contributed by atoms with Crippen LogP contribution in [0.3, 0.4) is 0 Å². The molecule has 3 aromatic rings. The summed E-state index contributed by atoms with van der Waals surface area (Å²) in [7, 11) is 2.93. The number of nitrogens with zero attached hydrogens (tertiary/aromatic N) is 2. The first-order valence-electron chi connectivity index (χ1n) is 8.73. The van der Waals surface area contributed by atoms with Crippen molar-refractivity contribution in [3.8, 4) is 11.5 Å². The van der Waals surface area contributed by atoms with E-state index in [0.717, 1.165) is 10.2 Å². The Morgan fingerprint density at radius 2 is 1.83 bits per heavy atom. The Labute approximate surface area is 176 Å². The highest BCUT2D eigenvalue weighted by Crippen LogP contribution is 2.29. The lowest BCUT2D eigenvalue weighted by Gasteiger charge is -2.10. The van der Waals surface area contributed by atoms with Crippen molar-refractivity contribution in [3.63, 3.8) is 0 Å². The molecule has 0 fully saturated rings. The van der Waals surface area contributed by atoms with Crippen LogP contribution < -0.4 is 14.3 Å². The molecule has 0 saturated heterocycles. The summed E-state index contributed by atoms with van der Waals surface area (Å²) in [4.78, 5) is 29.7. The van der Waals surface area contributed by atoms with E-state index >= 15 is 0 Å². The zero-order valence-electron chi connectivity index (χ0n) is 16.1. The Morgan fingerprint density at radius 3 is 2.45 bits per heavy atom. The van der Waals surface area contributed by atoms with Crippen LogP contribution in [0.4, 0.5) is 0 Å². The van der Waals surface area contributed by atoms with E-state index in [-0.39, 0.29) is 18.7 Å². The van der Waals surface area contributed by atoms with Crippen LogP contribution in [0, 0.1) is 0 Å². The number of hydrogen-bond donors (Lipinski definition) is 0. The minimum atomic E-state index is -0.547. The average molecular weight is 435 g/mol. The standard InChI is InChI=1S/C20H19ClN2O5S/c1-4-28-17(24)11-23-13-9-8-12(21)10-16(13)29-20(23)22-19(25)18-14(26-2)6-5-7-15(18)27-3/h5-10H,4,11H2,1-3H3. The Morgan fingerprint density at radius 1 is 1.14 bits per heavy atom. The van der Waals surface area contributed by atoms with E-state index in [0.29, 0.717) is 21.3 Å². The number of amides is 1. The minimum Gasteiger partial charge on any atom is -0.496 e. The van der Waals surface area contributed by atoms with Gasteiger partial charge in [0.25, 0.3) is 5.91 Å². The summed E-state index contributed by atoms with van der Waals surface area (Å²) in [5.41, 5.74) is 0.932. The van der Waals surface area contributed by atoms with Crippen LogP contribution in [-0.2, 0) is 16.1 Å². The highest BCUT2D eigenvalue weighted by Gasteiger charge is 2.19. The molecule has 1 heterocycles. The van der Waals surface area contributed by atoms with Gasteiger partial charge in [0.2, 0.25) is 0 Å². The molecule has 3 rings (SSSR count). The molecule has 1 amide bonds. The molecule has 7 nitrogen and oxygen atoms in total. The molecule has 0 aliphatic rings. The van der Waals surface area contributed by atoms with E-state index in [9.17, 15) is 9.59 Å². The number of hydrogen-bond acceptors (Lipinski definition) is 6. The number of methoxy groups -OCH3 is 2. The molecule has 0 radical (unpaired) electrons. The third-order valence-corrected chi connectivity index (χ3v) is 5.35. The molecule has 0 aliphatic heterocycles. The summed E-state index contributed by atoms with van der Waals surface area (Å²) in [5.74, 6) is -0.279. The van der Waals surface area contributed by atoms with Crippen molar-refractivity contribution in [1.82, 2.24) is 4.57 Å². The zero-order chi connectivity index (χ0) is 21.0. The van der Waals surface area contributed by atoms with Crippen LogP contribution >= 0.6 is 22.9 Å². The van der Waals surface area contributed by atoms with Gasteiger partial charge in [-0.25, -0.2) is 0 Å². The molecular weight excluding hydrogens is 416 g/mol. The van der Waals surface area contributed by atoms with E-state index in [1.807, 2.05) is 0 Å². The van der Waals surface area contributed by atoms with Crippen LogP contribution in [-0.4, -0.2) is 37.3 Å². The van der Waals surface area contributed by atoms with Crippen molar-refractivity contribution in [2.45, 2.75) is 13.5 Å². The molecule has 0 unspecified atom stereocenters. The molecular formula is C20H19ClN2O5S. The highest BCUT2D eigenvalue weighted by molar-refractivity contribution is 7.16. The van der Waals surface area contributed by atoms with Gasteiger partial charge >= 0.3 is 5.97 Å². The summed E-state index contributed by atoms with van der Waals surface area (Å²) in [5, 5.41) is 0.548. The normalized spacial score (nSPS) is 11.5. The first kappa shape index (κ1) is 20.9. The predicted octanol–water partition coefficient (Wildman–Crippen LogP) is 3.68. The van der Waals surface area contributed by atoms with Crippen LogP contribution in [0.25, 0.3) is 10.2 Å². The van der Waals surface area contributed by atoms with E-state index in [1.54, 1.807) is 47.9 Å². The Hall–Kier alpha value is -2.84. The lowest BCUT2D eigenvalue weighted by molar-refractivity contribution is -0.143. The maximum atomic E-state index is 13.0. The van der Waals surface area contributed by atoms with Gasteiger partial charge in [-0.2, -0.15) is 4.99 Å². The van der Waals surface area contributed by atoms with E-state index in [2.05, 4.69) is 4.99 Å². The van der Waals surface area contributed by atoms with Crippen LogP contribution in [0.1, 0.15) is 17.3 Å². The van der Waals surface area contributed by atoms with Crippen molar-refractivity contribution in [1.29, 1.82) is 0 Å². The van der Waals surface area contributed by atoms with Gasteiger partial charge in [0.15, 0.2) is 4.80 Å². The summed E-state index contributed by atoms with van der Waals surface area (Å²) in [6, 6.07) is 10.3. The number of carbonyl (C=O) groups is 2. The number of ether oxygens (including phenoxy) is 3. The van der Waals surface area contributed by atoms with Crippen LogP contribution in [0.2, 0.25) is 5.02 Å². The number of carbonyl (C=O) groups excluding carboxylic acids is 2. The third kappa shape index (κ3) is 4.44. The quantitative estimate of drug-likeness (QED) is 0.553. The van der Waals surface area contributed by atoms with Gasteiger partial charge in [-0.15, -0.1) is 0 Å². The van der Waals surface area contributed by atoms with Crippen LogP contribution in [0.15, 0.2) is 41.4 Å². The number of esters is 1. The summed E-state index contributed by atoms with van der Waals surface area (Å²) in [6.07, 6.45) is 0. The number of thiazole rings is 1. The predicted molar refractivity (Wildman–Crippen MR) is 111 cm³/mol. The van der Waals surface area contributed by atoms with Crippen molar-refractivity contribution in [2.24, 2.45) is 4.99 Å². The summed E-state index contributed by atoms with van der Waals surface area (Å²) < 4.78 is 18.1. The van der Waals surface area contributed by atoms with Crippen molar-refractivity contribution in [3.05, 3.63) is 51.8 Å². The van der Waals surface area contributed by atoms with Crippen molar-refractivity contribution < 1.29 is 23.8 Å². The number of rotatable bonds is 6. The summed E-state index contributed by atoms with van der Waals surface area (Å²) >= 11 is 7.34. The summed E-state index contributed by atoms with van der Waals surface area (Å²) in [6.45, 7) is 1.92. The van der Waals surface area contributed by atoms with Gasteiger partial charge in [-0.05, 0) is 37.3 Å². The maximum Gasteiger partial charge on any atom is 0.326 e. The lowest BCUT2D eigenvalue weighted by atomic mass is 10.1. The average Bonchev–Trinajstić information content (AvgIpc) is 3.03. The SMILES string of the molecule is CCOC(=O)Cn1c(=NC(=O)c2c(OC)cccc2OC)sc2cc(Cl)ccc21. The molecule has 0 spiro atoms. The molecule has 2 aromatic carbocycles. The highest BCUT2D eigenvalue weighted by atomic mass is 35.5. The monoisotopic (exact) mass is 434 g/mol. The number of fused-ring (bicyclic) bond motifs is 1. The maximum absolute atomic E-state index is 13.0. The second-order valence-electron chi connectivity index (χ2n) is 5.84. The fourth-order valence-electron chi connectivity index (χ4n) is 2.83. The first-order valence-corrected chi connectivity index (χ1v) is 9.92. The fourth-order valence-corrected chi connectivity index (χ4v) is 4.13. The molecule has 0 aliphatic carbocycles. The molecule has 0 N–H and O–H groups in total. The van der Waals surface area contributed by atoms with Gasteiger partial charge in [-0.3, -0.25) is 9.59 Å². The van der Waals surface area contributed by atoms with Crippen LogP contribution in [0.5, 0.6) is 11.5 Å². The number of benzene rings is 2.